The van der Waals surface area contributed by atoms with Gasteiger partial charge in [-0.05, 0) is 32.1 Å². The molecule has 0 aromatic rings. The first-order chi connectivity index (χ1) is 8.72. The van der Waals surface area contributed by atoms with Crippen LogP contribution in [0, 0.1) is 5.41 Å². The van der Waals surface area contributed by atoms with Gasteiger partial charge in [-0.2, -0.15) is 0 Å². The van der Waals surface area contributed by atoms with E-state index in [0.717, 1.165) is 19.3 Å². The fourth-order valence-electron chi connectivity index (χ4n) is 1.91. The lowest BCUT2D eigenvalue weighted by molar-refractivity contribution is -0.126. The maximum Gasteiger partial charge on any atom is 0.199 e. The summed E-state index contributed by atoms with van der Waals surface area (Å²) in [6.45, 7) is 10.2. The third-order valence-corrected chi connectivity index (χ3v) is 6.76. The van der Waals surface area contributed by atoms with Crippen LogP contribution in [0.1, 0.15) is 60.8 Å². The van der Waals surface area contributed by atoms with E-state index in [9.17, 15) is 4.79 Å². The molecule has 0 fully saturated rings. The summed E-state index contributed by atoms with van der Waals surface area (Å²) >= 11 is 5.63. The second-order valence-electron chi connectivity index (χ2n) is 5.65. The molecule has 114 valence electrons. The number of hydrogen-bond donors (Lipinski definition) is 0. The molecule has 3 nitrogen and oxygen atoms in total. The summed E-state index contributed by atoms with van der Waals surface area (Å²) in [6, 6.07) is 0. The maximum atomic E-state index is 12.7. The third-order valence-electron chi connectivity index (χ3n) is 2.87. The molecule has 0 aromatic heterocycles. The van der Waals surface area contributed by atoms with Crippen LogP contribution in [0.4, 0.5) is 0 Å². The largest absolute Gasteiger partial charge is 0.329 e. The Hall–Kier alpha value is 0.240. The van der Waals surface area contributed by atoms with E-state index >= 15 is 0 Å². The lowest BCUT2D eigenvalue weighted by Gasteiger charge is -2.33. The van der Waals surface area contributed by atoms with Crippen molar-refractivity contribution in [1.29, 1.82) is 0 Å². The first kappa shape index (κ1) is 19.2. The average molecular weight is 308 g/mol. The molecule has 0 saturated carbocycles. The normalized spacial score (nSPS) is 14.4. The quantitative estimate of drug-likeness (QED) is 0.586. The maximum absolute atomic E-state index is 12.7. The standard InChI is InChI=1S/C14H29O3PS/c1-7-10-11-12(13(15)14(4,5)6)18(19,16-8-2)17-9-3/h12H,7-11H2,1-6H3. The number of unbranched alkanes of at least 4 members (excludes halogenated alkanes) is 1. The van der Waals surface area contributed by atoms with Crippen molar-refractivity contribution in [3.63, 3.8) is 0 Å². The lowest BCUT2D eigenvalue weighted by Crippen LogP contribution is -2.33. The molecule has 0 heterocycles. The number of Topliss-reactive ketones (excluding diaryl/α,β-unsaturated/α-hetero) is 1. The molecule has 0 bridgehead atoms. The highest BCUT2D eigenvalue weighted by molar-refractivity contribution is 8.10. The summed E-state index contributed by atoms with van der Waals surface area (Å²) in [7, 11) is 0. The summed E-state index contributed by atoms with van der Waals surface area (Å²) in [5.74, 6) is 0.172. The summed E-state index contributed by atoms with van der Waals surface area (Å²) in [5.41, 5.74) is -0.682. The third kappa shape index (κ3) is 6.03. The smallest absolute Gasteiger partial charge is 0.199 e. The van der Waals surface area contributed by atoms with Crippen LogP contribution in [0.15, 0.2) is 0 Å². The van der Waals surface area contributed by atoms with Gasteiger partial charge in [0.1, 0.15) is 0 Å². The van der Waals surface area contributed by atoms with E-state index in [1.54, 1.807) is 0 Å². The van der Waals surface area contributed by atoms with Crippen LogP contribution in [0.3, 0.4) is 0 Å². The van der Waals surface area contributed by atoms with Crippen LogP contribution in [0.2, 0.25) is 0 Å². The molecule has 0 radical (unpaired) electrons. The minimum Gasteiger partial charge on any atom is -0.329 e. The van der Waals surface area contributed by atoms with Gasteiger partial charge >= 0.3 is 0 Å². The zero-order valence-corrected chi connectivity index (χ0v) is 14.9. The SMILES string of the molecule is CCCCC(C(=O)C(C)(C)C)P(=S)(OCC)OCC. The predicted octanol–water partition coefficient (Wildman–Crippen LogP) is 4.54. The molecule has 0 aliphatic carbocycles. The molecule has 0 rings (SSSR count). The van der Waals surface area contributed by atoms with E-state index in [1.807, 2.05) is 34.6 Å². The molecule has 0 aliphatic heterocycles. The lowest BCUT2D eigenvalue weighted by atomic mass is 9.87. The van der Waals surface area contributed by atoms with E-state index in [-0.39, 0.29) is 11.4 Å². The van der Waals surface area contributed by atoms with Crippen LogP contribution < -0.4 is 0 Å². The molecule has 0 aliphatic rings. The fraction of sp³-hybridized carbons (Fsp3) is 0.929. The molecule has 0 amide bonds. The van der Waals surface area contributed by atoms with Gasteiger partial charge in [0.15, 0.2) is 12.3 Å². The molecule has 1 atom stereocenters. The van der Waals surface area contributed by atoms with Gasteiger partial charge < -0.3 is 9.05 Å². The van der Waals surface area contributed by atoms with Crippen molar-refractivity contribution in [2.45, 2.75) is 66.5 Å². The monoisotopic (exact) mass is 308 g/mol. The highest BCUT2D eigenvalue weighted by Gasteiger charge is 2.40. The first-order valence-electron chi connectivity index (χ1n) is 7.16. The van der Waals surface area contributed by atoms with E-state index in [1.165, 1.54) is 0 Å². The molecule has 0 N–H and O–H groups in total. The van der Waals surface area contributed by atoms with Crippen molar-refractivity contribution in [3.05, 3.63) is 0 Å². The predicted molar refractivity (Wildman–Crippen MR) is 85.3 cm³/mol. The first-order valence-corrected chi connectivity index (χ1v) is 9.86. The van der Waals surface area contributed by atoms with Gasteiger partial charge in [0, 0.05) is 5.41 Å². The van der Waals surface area contributed by atoms with Crippen LogP contribution in [-0.4, -0.2) is 24.7 Å². The van der Waals surface area contributed by atoms with Crippen LogP contribution in [0.5, 0.6) is 0 Å². The fourth-order valence-corrected chi connectivity index (χ4v) is 5.47. The number of hydrogen-bond acceptors (Lipinski definition) is 4. The Morgan fingerprint density at radius 1 is 1.16 bits per heavy atom. The van der Waals surface area contributed by atoms with Crippen molar-refractivity contribution < 1.29 is 13.8 Å². The van der Waals surface area contributed by atoms with Gasteiger partial charge in [-0.3, -0.25) is 4.79 Å². The van der Waals surface area contributed by atoms with Gasteiger partial charge in [-0.1, -0.05) is 40.5 Å². The highest BCUT2D eigenvalue weighted by atomic mass is 32.5. The minimum absolute atomic E-state index is 0.172. The van der Waals surface area contributed by atoms with E-state index < -0.39 is 11.9 Å². The molecule has 0 aromatic carbocycles. The minimum atomic E-state index is -2.53. The van der Waals surface area contributed by atoms with Crippen molar-refractivity contribution in [2.75, 3.05) is 13.2 Å². The molecule has 1 unspecified atom stereocenters. The van der Waals surface area contributed by atoms with E-state index in [4.69, 9.17) is 20.9 Å². The van der Waals surface area contributed by atoms with Gasteiger partial charge in [0.05, 0.1) is 18.9 Å². The Kier molecular flexibility index (Phi) is 8.62. The van der Waals surface area contributed by atoms with Crippen LogP contribution in [0.25, 0.3) is 0 Å². The average Bonchev–Trinajstić information content (AvgIpc) is 2.28. The van der Waals surface area contributed by atoms with Gasteiger partial charge in [-0.25, -0.2) is 0 Å². The Morgan fingerprint density at radius 3 is 1.95 bits per heavy atom. The van der Waals surface area contributed by atoms with Gasteiger partial charge in [0.2, 0.25) is 0 Å². The van der Waals surface area contributed by atoms with Crippen molar-refractivity contribution in [1.82, 2.24) is 0 Å². The van der Waals surface area contributed by atoms with Crippen LogP contribution in [-0.2, 0) is 25.6 Å². The topological polar surface area (TPSA) is 35.5 Å². The van der Waals surface area contributed by atoms with E-state index in [2.05, 4.69) is 6.92 Å². The molecule has 19 heavy (non-hydrogen) atoms. The van der Waals surface area contributed by atoms with Gasteiger partial charge in [0.25, 0.3) is 0 Å². The summed E-state index contributed by atoms with van der Waals surface area (Å²) in [5, 5.41) is 0. The summed E-state index contributed by atoms with van der Waals surface area (Å²) in [6.07, 6.45) is 2.79. The number of carbonyl (C=O) groups is 1. The zero-order valence-electron chi connectivity index (χ0n) is 13.2. The van der Waals surface area contributed by atoms with Crippen molar-refractivity contribution >= 4 is 24.1 Å². The second-order valence-corrected chi connectivity index (χ2v) is 9.39. The van der Waals surface area contributed by atoms with Gasteiger partial charge in [-0.15, -0.1) is 0 Å². The number of ketones is 1. The van der Waals surface area contributed by atoms with Crippen LogP contribution >= 0.6 is 6.49 Å². The summed E-state index contributed by atoms with van der Waals surface area (Å²) < 4.78 is 11.5. The Balaban J connectivity index is 5.29. The Labute approximate surface area is 123 Å². The molecular weight excluding hydrogens is 279 g/mol. The Morgan fingerprint density at radius 2 is 1.63 bits per heavy atom. The number of carbonyl (C=O) groups excluding carboxylic acids is 1. The zero-order chi connectivity index (χ0) is 15.1. The van der Waals surface area contributed by atoms with Crippen molar-refractivity contribution in [3.8, 4) is 0 Å². The second kappa shape index (κ2) is 8.51. The highest BCUT2D eigenvalue weighted by Crippen LogP contribution is 2.56. The Bertz CT molecular complexity index is 313. The molecular formula is C14H29O3PS. The number of rotatable bonds is 9. The summed E-state index contributed by atoms with van der Waals surface area (Å²) in [4.78, 5) is 12.7. The molecule has 0 saturated heterocycles. The molecule has 5 heteroatoms. The van der Waals surface area contributed by atoms with E-state index in [0.29, 0.717) is 13.2 Å². The molecule has 0 spiro atoms. The van der Waals surface area contributed by atoms with Crippen molar-refractivity contribution in [2.24, 2.45) is 5.41 Å².